The van der Waals surface area contributed by atoms with Crippen molar-refractivity contribution in [1.82, 2.24) is 14.8 Å². The summed E-state index contributed by atoms with van der Waals surface area (Å²) in [6, 6.07) is 2.76. The number of halogens is 3. The molecule has 0 saturated heterocycles. The van der Waals surface area contributed by atoms with Gasteiger partial charge in [-0.2, -0.15) is 0 Å². The molecule has 1 spiro atoms. The molecular weight excluding hydrogens is 512 g/mol. The lowest BCUT2D eigenvalue weighted by Crippen LogP contribution is -2.63. The minimum Gasteiger partial charge on any atom is -0.503 e. The van der Waals surface area contributed by atoms with E-state index in [-0.39, 0.29) is 47.9 Å². The lowest BCUT2D eigenvalue weighted by Gasteiger charge is -2.55. The van der Waals surface area contributed by atoms with E-state index in [9.17, 15) is 28.3 Å². The van der Waals surface area contributed by atoms with Crippen LogP contribution in [0.4, 0.5) is 8.78 Å². The van der Waals surface area contributed by atoms with E-state index < -0.39 is 40.2 Å². The number of ether oxygens (including phenoxy) is 2. The van der Waals surface area contributed by atoms with E-state index in [1.807, 2.05) is 13.8 Å². The minimum atomic E-state index is -1.00. The number of rotatable bonds is 8. The number of pyridine rings is 1. The van der Waals surface area contributed by atoms with E-state index >= 15 is 0 Å². The second-order valence-electron chi connectivity index (χ2n) is 9.50. The van der Waals surface area contributed by atoms with E-state index in [0.29, 0.717) is 38.7 Å². The van der Waals surface area contributed by atoms with Crippen molar-refractivity contribution in [2.45, 2.75) is 50.9 Å². The fraction of sp³-hybridized carbons (Fsp3) is 0.480. The maximum Gasteiger partial charge on any atom is 0.274 e. The van der Waals surface area contributed by atoms with Crippen LogP contribution in [0, 0.1) is 11.6 Å². The number of fused-ring (bicyclic) bond motifs is 2. The molecule has 4 rings (SSSR count). The Morgan fingerprint density at radius 3 is 2.57 bits per heavy atom. The SMILES string of the molecule is COCCOC1CC2(C1)CN(C(C)C)C(=O)c1c(O)c(=O)c(C(=O)NCc3ccc(F)cc3F)cn12.Cl. The Bertz CT molecular complexity index is 1250. The van der Waals surface area contributed by atoms with Crippen molar-refractivity contribution in [2.24, 2.45) is 0 Å². The number of methoxy groups -OCH3 is 1. The summed E-state index contributed by atoms with van der Waals surface area (Å²) in [5.74, 6) is -3.76. The molecule has 12 heteroatoms. The van der Waals surface area contributed by atoms with Crippen molar-refractivity contribution in [3.8, 4) is 5.75 Å². The molecule has 2 aliphatic rings. The van der Waals surface area contributed by atoms with Gasteiger partial charge in [-0.1, -0.05) is 6.07 Å². The summed E-state index contributed by atoms with van der Waals surface area (Å²) in [5, 5.41) is 13.2. The Morgan fingerprint density at radius 1 is 1.24 bits per heavy atom. The number of amides is 2. The molecule has 1 fully saturated rings. The maximum atomic E-state index is 14.0. The largest absolute Gasteiger partial charge is 0.503 e. The van der Waals surface area contributed by atoms with Crippen LogP contribution in [0.15, 0.2) is 29.2 Å². The van der Waals surface area contributed by atoms with E-state index in [2.05, 4.69) is 5.32 Å². The number of aromatic hydroxyl groups is 1. The van der Waals surface area contributed by atoms with E-state index in [0.717, 1.165) is 6.07 Å². The van der Waals surface area contributed by atoms with Crippen LogP contribution in [0.1, 0.15) is 53.1 Å². The molecule has 1 saturated carbocycles. The monoisotopic (exact) mass is 541 g/mol. The normalized spacial score (nSPS) is 20.4. The molecule has 37 heavy (non-hydrogen) atoms. The van der Waals surface area contributed by atoms with Gasteiger partial charge in [0.1, 0.15) is 17.2 Å². The van der Waals surface area contributed by atoms with Crippen molar-refractivity contribution < 1.29 is 33.0 Å². The van der Waals surface area contributed by atoms with E-state index in [4.69, 9.17) is 9.47 Å². The number of hydrogen-bond donors (Lipinski definition) is 2. The first kappa shape index (κ1) is 28.5. The fourth-order valence-electron chi connectivity index (χ4n) is 4.83. The summed E-state index contributed by atoms with van der Waals surface area (Å²) >= 11 is 0. The first-order chi connectivity index (χ1) is 17.1. The second kappa shape index (κ2) is 11.2. The van der Waals surface area contributed by atoms with Crippen molar-refractivity contribution >= 4 is 24.2 Å². The van der Waals surface area contributed by atoms with Crippen LogP contribution in [0.2, 0.25) is 0 Å². The van der Waals surface area contributed by atoms with Crippen LogP contribution in [0.25, 0.3) is 0 Å². The lowest BCUT2D eigenvalue weighted by atomic mass is 9.71. The van der Waals surface area contributed by atoms with Crippen LogP contribution in [0.5, 0.6) is 5.75 Å². The third-order valence-corrected chi connectivity index (χ3v) is 6.80. The molecule has 2 heterocycles. The molecule has 2 amide bonds. The van der Waals surface area contributed by atoms with Gasteiger partial charge >= 0.3 is 0 Å². The Kier molecular flexibility index (Phi) is 8.61. The van der Waals surface area contributed by atoms with Gasteiger partial charge in [0.15, 0.2) is 11.4 Å². The first-order valence-corrected chi connectivity index (χ1v) is 11.7. The summed E-state index contributed by atoms with van der Waals surface area (Å²) in [6.45, 7) is 4.55. The highest BCUT2D eigenvalue weighted by atomic mass is 35.5. The zero-order valence-corrected chi connectivity index (χ0v) is 21.6. The molecule has 9 nitrogen and oxygen atoms in total. The number of nitrogens with one attached hydrogen (secondary N) is 1. The number of carbonyl (C=O) groups is 2. The average molecular weight is 542 g/mol. The number of hydrogen-bond acceptors (Lipinski definition) is 6. The highest BCUT2D eigenvalue weighted by molar-refractivity contribution is 5.99. The smallest absolute Gasteiger partial charge is 0.274 e. The number of carbonyl (C=O) groups excluding carboxylic acids is 2. The summed E-state index contributed by atoms with van der Waals surface area (Å²) < 4.78 is 39.5. The van der Waals surface area contributed by atoms with Gasteiger partial charge < -0.3 is 29.4 Å². The predicted molar refractivity (Wildman–Crippen MR) is 132 cm³/mol. The van der Waals surface area contributed by atoms with Crippen LogP contribution < -0.4 is 10.7 Å². The molecule has 202 valence electrons. The molecule has 1 aliphatic heterocycles. The molecule has 2 aromatic rings. The molecule has 1 aromatic carbocycles. The quantitative estimate of drug-likeness (QED) is 0.497. The zero-order chi connectivity index (χ0) is 26.2. The van der Waals surface area contributed by atoms with Crippen LogP contribution >= 0.6 is 12.4 Å². The van der Waals surface area contributed by atoms with Gasteiger partial charge in [0.2, 0.25) is 5.43 Å². The van der Waals surface area contributed by atoms with Crippen molar-refractivity contribution in [1.29, 1.82) is 0 Å². The minimum absolute atomic E-state index is 0. The molecule has 0 radical (unpaired) electrons. The van der Waals surface area contributed by atoms with Gasteiger partial charge in [0.05, 0.1) is 24.9 Å². The van der Waals surface area contributed by atoms with Crippen molar-refractivity contribution in [3.63, 3.8) is 0 Å². The highest BCUT2D eigenvalue weighted by Gasteiger charge is 2.53. The maximum absolute atomic E-state index is 14.0. The Labute approximate surface area is 218 Å². The van der Waals surface area contributed by atoms with Crippen molar-refractivity contribution in [3.05, 3.63) is 63.1 Å². The summed E-state index contributed by atoms with van der Waals surface area (Å²) in [7, 11) is 1.57. The van der Waals surface area contributed by atoms with Crippen LogP contribution in [0.3, 0.4) is 0 Å². The predicted octanol–water partition coefficient (Wildman–Crippen LogP) is 2.57. The second-order valence-corrected chi connectivity index (χ2v) is 9.50. The van der Waals surface area contributed by atoms with Gasteiger partial charge in [0, 0.05) is 44.1 Å². The molecule has 1 aliphatic carbocycles. The fourth-order valence-corrected chi connectivity index (χ4v) is 4.83. The van der Waals surface area contributed by atoms with E-state index in [1.54, 1.807) is 12.0 Å². The molecule has 0 atom stereocenters. The Balaban J connectivity index is 0.00000380. The van der Waals surface area contributed by atoms with E-state index in [1.165, 1.54) is 16.8 Å². The topological polar surface area (TPSA) is 110 Å². The lowest BCUT2D eigenvalue weighted by molar-refractivity contribution is -0.0984. The first-order valence-electron chi connectivity index (χ1n) is 11.7. The average Bonchev–Trinajstić information content (AvgIpc) is 2.80. The number of nitrogens with zero attached hydrogens (tertiary/aromatic N) is 2. The Morgan fingerprint density at radius 2 is 1.95 bits per heavy atom. The summed E-state index contributed by atoms with van der Waals surface area (Å²) in [5.41, 5.74) is -2.20. The summed E-state index contributed by atoms with van der Waals surface area (Å²) in [6.07, 6.45) is 2.18. The third-order valence-electron chi connectivity index (χ3n) is 6.80. The zero-order valence-electron chi connectivity index (χ0n) is 20.8. The molecule has 2 N–H and O–H groups in total. The Hall–Kier alpha value is -3.02. The van der Waals surface area contributed by atoms with Gasteiger partial charge in [-0.15, -0.1) is 12.4 Å². The van der Waals surface area contributed by atoms with Gasteiger partial charge in [-0.05, 0) is 32.8 Å². The third kappa shape index (κ3) is 5.34. The summed E-state index contributed by atoms with van der Waals surface area (Å²) in [4.78, 5) is 40.6. The number of benzene rings is 1. The molecule has 1 aromatic heterocycles. The van der Waals surface area contributed by atoms with Crippen LogP contribution in [-0.4, -0.2) is 65.4 Å². The van der Waals surface area contributed by atoms with Gasteiger partial charge in [-0.25, -0.2) is 8.78 Å². The van der Waals surface area contributed by atoms with Crippen molar-refractivity contribution in [2.75, 3.05) is 26.9 Å². The standard InChI is InChI=1S/C25H29F2N3O6.ClH/c1-14(2)29-13-25(9-17(10-25)36-7-6-35-3)30-12-18(21(31)22(32)20(30)24(29)34)23(33)28-11-15-4-5-16(26)8-19(15)27;/h4-5,8,12,14,17,32H,6-7,9-11,13H2,1-3H3,(H,28,33);1H. The van der Waals surface area contributed by atoms with Gasteiger partial charge in [-0.3, -0.25) is 14.4 Å². The number of aromatic nitrogens is 1. The van der Waals surface area contributed by atoms with Gasteiger partial charge in [0.25, 0.3) is 11.8 Å². The molecule has 0 unspecified atom stereocenters. The van der Waals surface area contributed by atoms with Crippen LogP contribution in [-0.2, 0) is 21.6 Å². The highest BCUT2D eigenvalue weighted by Crippen LogP contribution is 2.46. The molecular formula is C25H30ClF2N3O6. The molecule has 0 bridgehead atoms.